The standard InChI is InChI=1S/C15H15ClN2O2S3/c1-20-14(19)13-12(16)10-3-2-9(8-11(10)23-13)17-15(21)18-4-6-22-7-5-18/h2-3,8H,4-7H2,1H3,(H,17,21). The number of nitrogens with zero attached hydrogens (tertiary/aromatic N) is 1. The molecule has 1 aliphatic rings. The summed E-state index contributed by atoms with van der Waals surface area (Å²) in [7, 11) is 1.35. The molecule has 1 saturated heterocycles. The molecule has 1 N–H and O–H groups in total. The van der Waals surface area contributed by atoms with Crippen LogP contribution in [0.2, 0.25) is 5.02 Å². The number of esters is 1. The highest BCUT2D eigenvalue weighted by molar-refractivity contribution is 7.99. The third-order valence-electron chi connectivity index (χ3n) is 3.55. The highest BCUT2D eigenvalue weighted by Crippen LogP contribution is 2.37. The van der Waals surface area contributed by atoms with E-state index in [1.807, 2.05) is 30.0 Å². The third kappa shape index (κ3) is 3.57. The van der Waals surface area contributed by atoms with Crippen LogP contribution < -0.4 is 5.32 Å². The number of benzene rings is 1. The lowest BCUT2D eigenvalue weighted by Gasteiger charge is -2.29. The molecule has 8 heteroatoms. The molecule has 0 bridgehead atoms. The number of ether oxygens (including phenoxy) is 1. The fraction of sp³-hybridized carbons (Fsp3) is 0.333. The lowest BCUT2D eigenvalue weighted by molar-refractivity contribution is 0.0606. The van der Waals surface area contributed by atoms with Gasteiger partial charge in [0.15, 0.2) is 5.11 Å². The molecule has 0 spiro atoms. The van der Waals surface area contributed by atoms with Crippen LogP contribution in [-0.2, 0) is 4.74 Å². The van der Waals surface area contributed by atoms with Crippen molar-refractivity contribution < 1.29 is 9.53 Å². The van der Waals surface area contributed by atoms with E-state index >= 15 is 0 Å². The van der Waals surface area contributed by atoms with E-state index in [2.05, 4.69) is 10.2 Å². The first-order chi connectivity index (χ1) is 11.1. The number of halogens is 1. The summed E-state index contributed by atoms with van der Waals surface area (Å²) in [5, 5.41) is 5.30. The minimum absolute atomic E-state index is 0.410. The highest BCUT2D eigenvalue weighted by Gasteiger charge is 2.18. The molecule has 0 aliphatic carbocycles. The van der Waals surface area contributed by atoms with E-state index < -0.39 is 5.97 Å². The number of thiocarbonyl (C=S) groups is 1. The number of carbonyl (C=O) groups is 1. The summed E-state index contributed by atoms with van der Waals surface area (Å²) in [5.74, 6) is 1.79. The first-order valence-corrected chi connectivity index (χ1v) is 9.80. The first kappa shape index (κ1) is 16.8. The van der Waals surface area contributed by atoms with E-state index in [1.54, 1.807) is 0 Å². The summed E-state index contributed by atoms with van der Waals surface area (Å²) in [6.07, 6.45) is 0. The average Bonchev–Trinajstić information content (AvgIpc) is 2.91. The van der Waals surface area contributed by atoms with Gasteiger partial charge in [0.25, 0.3) is 0 Å². The van der Waals surface area contributed by atoms with Crippen molar-refractivity contribution in [3.63, 3.8) is 0 Å². The van der Waals surface area contributed by atoms with Gasteiger partial charge in [0.2, 0.25) is 0 Å². The van der Waals surface area contributed by atoms with Crippen LogP contribution >= 0.6 is 46.9 Å². The molecule has 0 unspecified atom stereocenters. The van der Waals surface area contributed by atoms with Gasteiger partial charge >= 0.3 is 5.97 Å². The van der Waals surface area contributed by atoms with E-state index in [9.17, 15) is 4.79 Å². The molecule has 0 saturated carbocycles. The lowest BCUT2D eigenvalue weighted by Crippen LogP contribution is -2.40. The fourth-order valence-electron chi connectivity index (χ4n) is 2.34. The van der Waals surface area contributed by atoms with Crippen molar-refractivity contribution in [2.75, 3.05) is 37.0 Å². The molecule has 4 nitrogen and oxygen atoms in total. The van der Waals surface area contributed by atoms with E-state index in [0.29, 0.717) is 9.90 Å². The summed E-state index contributed by atoms with van der Waals surface area (Å²) in [6, 6.07) is 5.79. The maximum Gasteiger partial charge on any atom is 0.349 e. The number of thiophene rings is 1. The van der Waals surface area contributed by atoms with Gasteiger partial charge in [-0.1, -0.05) is 11.6 Å². The number of rotatable bonds is 2. The van der Waals surface area contributed by atoms with Crippen LogP contribution in [0.4, 0.5) is 5.69 Å². The molecule has 3 rings (SSSR count). The minimum atomic E-state index is -0.410. The Morgan fingerprint density at radius 3 is 2.83 bits per heavy atom. The number of fused-ring (bicyclic) bond motifs is 1. The van der Waals surface area contributed by atoms with Gasteiger partial charge in [-0.05, 0) is 30.4 Å². The smallest absolute Gasteiger partial charge is 0.349 e. The molecule has 1 aromatic carbocycles. The van der Waals surface area contributed by atoms with Gasteiger partial charge in [0.05, 0.1) is 12.1 Å². The Balaban J connectivity index is 1.82. The summed E-state index contributed by atoms with van der Waals surface area (Å²) in [4.78, 5) is 14.3. The Kier molecular flexibility index (Phi) is 5.31. The minimum Gasteiger partial charge on any atom is -0.465 e. The van der Waals surface area contributed by atoms with Gasteiger partial charge in [0, 0.05) is 40.4 Å². The largest absolute Gasteiger partial charge is 0.465 e. The van der Waals surface area contributed by atoms with Gasteiger partial charge in [-0.25, -0.2) is 4.79 Å². The molecule has 2 aromatic rings. The predicted octanol–water partition coefficient (Wildman–Crippen LogP) is 4.09. The van der Waals surface area contributed by atoms with Crippen LogP contribution in [0, 0.1) is 0 Å². The number of anilines is 1. The number of nitrogens with one attached hydrogen (secondary N) is 1. The summed E-state index contributed by atoms with van der Waals surface area (Å²) >= 11 is 15.0. The molecule has 1 aliphatic heterocycles. The maximum absolute atomic E-state index is 11.7. The highest BCUT2D eigenvalue weighted by atomic mass is 35.5. The molecule has 0 radical (unpaired) electrons. The topological polar surface area (TPSA) is 41.6 Å². The molecule has 1 aromatic heterocycles. The Labute approximate surface area is 153 Å². The van der Waals surface area contributed by atoms with Crippen molar-refractivity contribution >= 4 is 73.8 Å². The number of methoxy groups -OCH3 is 1. The fourth-order valence-corrected chi connectivity index (χ4v) is 5.01. The van der Waals surface area contributed by atoms with Gasteiger partial charge in [0.1, 0.15) is 4.88 Å². The molecule has 0 amide bonds. The van der Waals surface area contributed by atoms with E-state index in [-0.39, 0.29) is 0 Å². The molecule has 0 atom stereocenters. The Morgan fingerprint density at radius 1 is 1.39 bits per heavy atom. The molecular weight excluding hydrogens is 372 g/mol. The van der Waals surface area contributed by atoms with Gasteiger partial charge < -0.3 is 15.0 Å². The average molecular weight is 387 g/mol. The third-order valence-corrected chi connectivity index (χ3v) is 6.49. The molecule has 2 heterocycles. The Bertz CT molecular complexity index is 757. The zero-order valence-corrected chi connectivity index (χ0v) is 15.6. The Morgan fingerprint density at radius 2 is 2.13 bits per heavy atom. The maximum atomic E-state index is 11.7. The van der Waals surface area contributed by atoms with Gasteiger partial charge in [-0.15, -0.1) is 11.3 Å². The van der Waals surface area contributed by atoms with Gasteiger partial charge in [-0.2, -0.15) is 11.8 Å². The normalized spacial score (nSPS) is 14.8. The van der Waals surface area contributed by atoms with Crippen LogP contribution in [0.5, 0.6) is 0 Å². The van der Waals surface area contributed by atoms with E-state index in [0.717, 1.165) is 45.5 Å². The SMILES string of the molecule is COC(=O)c1sc2cc(NC(=S)N3CCSCC3)ccc2c1Cl. The number of hydrogen-bond donors (Lipinski definition) is 1. The number of carbonyl (C=O) groups excluding carboxylic acids is 1. The van der Waals surface area contributed by atoms with Crippen molar-refractivity contribution in [2.24, 2.45) is 0 Å². The van der Waals surface area contributed by atoms with E-state index in [4.69, 9.17) is 28.6 Å². The second-order valence-corrected chi connectivity index (χ2v) is 8.02. The zero-order valence-electron chi connectivity index (χ0n) is 12.4. The van der Waals surface area contributed by atoms with Crippen LogP contribution in [0.1, 0.15) is 9.67 Å². The second-order valence-electron chi connectivity index (χ2n) is 4.98. The second kappa shape index (κ2) is 7.25. The van der Waals surface area contributed by atoms with Crippen molar-refractivity contribution in [3.05, 3.63) is 28.1 Å². The van der Waals surface area contributed by atoms with Crippen LogP contribution in [0.15, 0.2) is 18.2 Å². The predicted molar refractivity (Wildman–Crippen MR) is 103 cm³/mol. The first-order valence-electron chi connectivity index (χ1n) is 7.04. The molecule has 1 fully saturated rings. The number of hydrogen-bond acceptors (Lipinski definition) is 5. The summed E-state index contributed by atoms with van der Waals surface area (Å²) in [5.41, 5.74) is 0.898. The van der Waals surface area contributed by atoms with E-state index in [1.165, 1.54) is 18.4 Å². The van der Waals surface area contributed by atoms with Crippen molar-refractivity contribution in [3.8, 4) is 0 Å². The summed E-state index contributed by atoms with van der Waals surface area (Å²) < 4.78 is 5.69. The zero-order chi connectivity index (χ0) is 16.4. The molecule has 23 heavy (non-hydrogen) atoms. The van der Waals surface area contributed by atoms with Crippen molar-refractivity contribution in [2.45, 2.75) is 0 Å². The Hall–Kier alpha value is -1.02. The number of thioether (sulfide) groups is 1. The van der Waals surface area contributed by atoms with Crippen LogP contribution in [0.25, 0.3) is 10.1 Å². The summed E-state index contributed by atoms with van der Waals surface area (Å²) in [6.45, 7) is 1.94. The van der Waals surface area contributed by atoms with Gasteiger partial charge in [-0.3, -0.25) is 0 Å². The van der Waals surface area contributed by atoms with Crippen molar-refractivity contribution in [1.29, 1.82) is 0 Å². The molecular formula is C15H15ClN2O2S3. The monoisotopic (exact) mass is 386 g/mol. The quantitative estimate of drug-likeness (QED) is 0.619. The lowest BCUT2D eigenvalue weighted by atomic mass is 10.2. The van der Waals surface area contributed by atoms with Crippen molar-refractivity contribution in [1.82, 2.24) is 4.90 Å². The molecule has 122 valence electrons. The van der Waals surface area contributed by atoms with Crippen LogP contribution in [0.3, 0.4) is 0 Å². The van der Waals surface area contributed by atoms with Crippen LogP contribution in [-0.4, -0.2) is 47.7 Å².